The highest BCUT2D eigenvalue weighted by Gasteiger charge is 2.23. The minimum Gasteiger partial charge on any atom is -0.493 e. The van der Waals surface area contributed by atoms with Crippen LogP contribution in [0.2, 0.25) is 0 Å². The number of rotatable bonds is 5. The number of nitrogens with zero attached hydrogens (tertiary/aromatic N) is 1. The van der Waals surface area contributed by atoms with Gasteiger partial charge in [0, 0.05) is 18.0 Å². The van der Waals surface area contributed by atoms with Crippen LogP contribution in [0.25, 0.3) is 0 Å². The molecule has 15 heavy (non-hydrogen) atoms. The van der Waals surface area contributed by atoms with Crippen LogP contribution >= 0.6 is 23.2 Å². The van der Waals surface area contributed by atoms with Gasteiger partial charge >= 0.3 is 0 Å². The fourth-order valence-corrected chi connectivity index (χ4v) is 1.46. The minimum atomic E-state index is -0.384. The number of hydrogen-bond acceptors (Lipinski definition) is 3. The summed E-state index contributed by atoms with van der Waals surface area (Å²) in [5.74, 6) is 2.13. The molecule has 0 amide bonds. The van der Waals surface area contributed by atoms with Crippen molar-refractivity contribution in [3.05, 3.63) is 18.3 Å². The Kier molecular flexibility index (Phi) is 4.48. The number of methoxy groups -OCH3 is 1. The zero-order valence-corrected chi connectivity index (χ0v) is 10.3. The van der Waals surface area contributed by atoms with Gasteiger partial charge in [-0.15, -0.1) is 23.2 Å². The van der Waals surface area contributed by atoms with E-state index in [0.29, 0.717) is 23.3 Å². The molecule has 0 atom stereocenters. The Morgan fingerprint density at radius 3 is 2.67 bits per heavy atom. The van der Waals surface area contributed by atoms with Gasteiger partial charge in [0.15, 0.2) is 11.6 Å². The van der Waals surface area contributed by atoms with Gasteiger partial charge in [0.05, 0.1) is 12.6 Å². The number of anilines is 1. The van der Waals surface area contributed by atoms with Crippen molar-refractivity contribution in [2.45, 2.75) is 12.5 Å². The van der Waals surface area contributed by atoms with Crippen LogP contribution in [0.4, 0.5) is 5.82 Å². The third-order valence-corrected chi connectivity index (χ3v) is 3.18. The SMILES string of the molecule is COc1cccnc1NC(C)(CCl)CCl. The molecule has 0 bridgehead atoms. The van der Waals surface area contributed by atoms with E-state index in [1.807, 2.05) is 19.1 Å². The fraction of sp³-hybridized carbons (Fsp3) is 0.500. The summed E-state index contributed by atoms with van der Waals surface area (Å²) in [6.45, 7) is 1.93. The number of alkyl halides is 2. The van der Waals surface area contributed by atoms with E-state index in [9.17, 15) is 0 Å². The first-order chi connectivity index (χ1) is 7.15. The van der Waals surface area contributed by atoms with E-state index in [0.717, 1.165) is 0 Å². The molecular formula is C10H14Cl2N2O. The molecule has 5 heteroatoms. The summed E-state index contributed by atoms with van der Waals surface area (Å²) in [5, 5.41) is 3.17. The van der Waals surface area contributed by atoms with Crippen molar-refractivity contribution in [3.63, 3.8) is 0 Å². The number of ether oxygens (including phenoxy) is 1. The third-order valence-electron chi connectivity index (χ3n) is 2.00. The van der Waals surface area contributed by atoms with Gasteiger partial charge in [0.25, 0.3) is 0 Å². The predicted octanol–water partition coefficient (Wildman–Crippen LogP) is 2.74. The van der Waals surface area contributed by atoms with Crippen molar-refractivity contribution in [1.29, 1.82) is 0 Å². The van der Waals surface area contributed by atoms with Crippen LogP contribution < -0.4 is 10.1 Å². The number of aromatic nitrogens is 1. The molecule has 0 saturated heterocycles. The largest absolute Gasteiger partial charge is 0.493 e. The molecule has 0 aromatic carbocycles. The molecule has 0 saturated carbocycles. The van der Waals surface area contributed by atoms with Gasteiger partial charge in [0.1, 0.15) is 0 Å². The lowest BCUT2D eigenvalue weighted by Crippen LogP contribution is -2.39. The maximum atomic E-state index is 5.84. The molecule has 0 aliphatic carbocycles. The van der Waals surface area contributed by atoms with Crippen molar-refractivity contribution < 1.29 is 4.74 Å². The van der Waals surface area contributed by atoms with Crippen LogP contribution in [0, 0.1) is 0 Å². The lowest BCUT2D eigenvalue weighted by molar-refractivity contribution is 0.413. The Morgan fingerprint density at radius 2 is 2.13 bits per heavy atom. The molecule has 1 aromatic rings. The fourth-order valence-electron chi connectivity index (χ4n) is 1.04. The number of halogens is 2. The average molecular weight is 249 g/mol. The topological polar surface area (TPSA) is 34.1 Å². The molecule has 0 spiro atoms. The molecule has 0 aliphatic rings. The van der Waals surface area contributed by atoms with Crippen molar-refractivity contribution in [3.8, 4) is 5.75 Å². The second kappa shape index (κ2) is 5.42. The quantitative estimate of drug-likeness (QED) is 0.814. The minimum absolute atomic E-state index is 0.384. The molecule has 1 heterocycles. The van der Waals surface area contributed by atoms with Gasteiger partial charge in [-0.05, 0) is 19.1 Å². The molecule has 84 valence electrons. The molecule has 1 rings (SSSR count). The van der Waals surface area contributed by atoms with E-state index in [2.05, 4.69) is 10.3 Å². The summed E-state index contributed by atoms with van der Waals surface area (Å²) in [6.07, 6.45) is 1.69. The Hall–Kier alpha value is -0.670. The second-order valence-corrected chi connectivity index (χ2v) is 4.04. The van der Waals surface area contributed by atoms with E-state index >= 15 is 0 Å². The Bertz CT molecular complexity index is 316. The van der Waals surface area contributed by atoms with Crippen molar-refractivity contribution in [2.24, 2.45) is 0 Å². The smallest absolute Gasteiger partial charge is 0.169 e. The maximum absolute atomic E-state index is 5.84. The summed E-state index contributed by atoms with van der Waals surface area (Å²) in [5.41, 5.74) is -0.384. The standard InChI is InChI=1S/C10H14Cl2N2O/c1-10(6-11,7-12)14-9-8(15-2)4-3-5-13-9/h3-5H,6-7H2,1-2H3,(H,13,14). The molecular weight excluding hydrogens is 235 g/mol. The predicted molar refractivity (Wildman–Crippen MR) is 64.3 cm³/mol. The van der Waals surface area contributed by atoms with E-state index in [1.165, 1.54) is 0 Å². The first kappa shape index (κ1) is 12.4. The van der Waals surface area contributed by atoms with Gasteiger partial charge in [-0.3, -0.25) is 0 Å². The van der Waals surface area contributed by atoms with Gasteiger partial charge in [-0.2, -0.15) is 0 Å². The van der Waals surface area contributed by atoms with Crippen molar-refractivity contribution in [2.75, 3.05) is 24.2 Å². The first-order valence-electron chi connectivity index (χ1n) is 4.54. The summed E-state index contributed by atoms with van der Waals surface area (Å²) in [6, 6.07) is 3.64. The van der Waals surface area contributed by atoms with Crippen molar-refractivity contribution in [1.82, 2.24) is 4.98 Å². The number of nitrogens with one attached hydrogen (secondary N) is 1. The normalized spacial score (nSPS) is 11.2. The third kappa shape index (κ3) is 3.14. The van der Waals surface area contributed by atoms with E-state index in [1.54, 1.807) is 13.3 Å². The van der Waals surface area contributed by atoms with E-state index < -0.39 is 0 Å². The molecule has 0 fully saturated rings. The van der Waals surface area contributed by atoms with Crippen LogP contribution in [-0.2, 0) is 0 Å². The van der Waals surface area contributed by atoms with Gasteiger partial charge in [-0.1, -0.05) is 0 Å². The van der Waals surface area contributed by atoms with Crippen LogP contribution in [0.5, 0.6) is 5.75 Å². The summed E-state index contributed by atoms with van der Waals surface area (Å²) in [4.78, 5) is 4.18. The Labute approximate surface area is 99.7 Å². The summed E-state index contributed by atoms with van der Waals surface area (Å²) in [7, 11) is 1.60. The van der Waals surface area contributed by atoms with Crippen LogP contribution in [0.3, 0.4) is 0 Å². The summed E-state index contributed by atoms with van der Waals surface area (Å²) < 4.78 is 5.17. The molecule has 3 nitrogen and oxygen atoms in total. The van der Waals surface area contributed by atoms with Crippen LogP contribution in [0.1, 0.15) is 6.92 Å². The zero-order chi connectivity index (χ0) is 11.3. The van der Waals surface area contributed by atoms with E-state index in [4.69, 9.17) is 27.9 Å². The Morgan fingerprint density at radius 1 is 1.47 bits per heavy atom. The number of hydrogen-bond donors (Lipinski definition) is 1. The zero-order valence-electron chi connectivity index (χ0n) is 8.76. The van der Waals surface area contributed by atoms with Gasteiger partial charge in [0.2, 0.25) is 0 Å². The lowest BCUT2D eigenvalue weighted by atomic mass is 10.1. The molecule has 0 radical (unpaired) electrons. The maximum Gasteiger partial charge on any atom is 0.169 e. The number of pyridine rings is 1. The summed E-state index contributed by atoms with van der Waals surface area (Å²) >= 11 is 11.7. The molecule has 1 aromatic heterocycles. The van der Waals surface area contributed by atoms with E-state index in [-0.39, 0.29) is 5.54 Å². The molecule has 1 N–H and O–H groups in total. The molecule has 0 aliphatic heterocycles. The second-order valence-electron chi connectivity index (χ2n) is 3.51. The van der Waals surface area contributed by atoms with Gasteiger partial charge < -0.3 is 10.1 Å². The monoisotopic (exact) mass is 248 g/mol. The highest BCUT2D eigenvalue weighted by molar-refractivity contribution is 6.22. The average Bonchev–Trinajstić information content (AvgIpc) is 2.29. The van der Waals surface area contributed by atoms with Gasteiger partial charge in [-0.25, -0.2) is 4.98 Å². The highest BCUT2D eigenvalue weighted by Crippen LogP contribution is 2.25. The Balaban J connectivity index is 2.87. The molecule has 0 unspecified atom stereocenters. The van der Waals surface area contributed by atoms with Crippen LogP contribution in [0.15, 0.2) is 18.3 Å². The highest BCUT2D eigenvalue weighted by atomic mass is 35.5. The lowest BCUT2D eigenvalue weighted by Gasteiger charge is -2.27. The van der Waals surface area contributed by atoms with Crippen molar-refractivity contribution >= 4 is 29.0 Å². The first-order valence-corrected chi connectivity index (χ1v) is 5.61. The van der Waals surface area contributed by atoms with Crippen LogP contribution in [-0.4, -0.2) is 29.4 Å².